The number of fused-ring (bicyclic) bond motifs is 1. The molecule has 0 spiro atoms. The molecule has 1 atom stereocenters. The monoisotopic (exact) mass is 356 g/mol. The average molecular weight is 356 g/mol. The molecule has 0 saturated carbocycles. The summed E-state index contributed by atoms with van der Waals surface area (Å²) in [6.45, 7) is 0. The molecule has 3 nitrogen and oxygen atoms in total. The Labute approximate surface area is 160 Å². The number of aryl methyl sites for hydroxylation is 1. The summed E-state index contributed by atoms with van der Waals surface area (Å²) in [6.07, 6.45) is 3.25. The Bertz CT molecular complexity index is 932. The van der Waals surface area contributed by atoms with E-state index in [1.165, 1.54) is 11.1 Å². The molecule has 0 bridgehead atoms. The summed E-state index contributed by atoms with van der Waals surface area (Å²) in [5, 5.41) is 6.40. The van der Waals surface area contributed by atoms with E-state index >= 15 is 0 Å². The van der Waals surface area contributed by atoms with Crippen LogP contribution in [0.25, 0.3) is 11.1 Å². The maximum atomic E-state index is 12.6. The van der Waals surface area contributed by atoms with Crippen LogP contribution in [0, 0.1) is 0 Å². The molecule has 3 heteroatoms. The van der Waals surface area contributed by atoms with Crippen molar-refractivity contribution in [3.8, 4) is 11.1 Å². The first-order valence-corrected chi connectivity index (χ1v) is 9.49. The molecule has 1 aliphatic carbocycles. The molecule has 3 aromatic carbocycles. The van der Waals surface area contributed by atoms with Crippen molar-refractivity contribution in [1.82, 2.24) is 5.32 Å². The Balaban J connectivity index is 1.46. The maximum Gasteiger partial charge on any atom is 0.255 e. The third-order valence-corrected chi connectivity index (χ3v) is 5.36. The van der Waals surface area contributed by atoms with Crippen LogP contribution in [-0.4, -0.2) is 19.0 Å². The Morgan fingerprint density at radius 3 is 2.37 bits per heavy atom. The van der Waals surface area contributed by atoms with Gasteiger partial charge < -0.3 is 10.6 Å². The smallest absolute Gasteiger partial charge is 0.255 e. The molecule has 0 heterocycles. The highest BCUT2D eigenvalue weighted by atomic mass is 16.1. The van der Waals surface area contributed by atoms with Crippen LogP contribution < -0.4 is 10.6 Å². The van der Waals surface area contributed by atoms with Gasteiger partial charge in [-0.15, -0.1) is 0 Å². The molecule has 0 fully saturated rings. The van der Waals surface area contributed by atoms with E-state index in [0.717, 1.165) is 36.1 Å². The number of benzene rings is 3. The summed E-state index contributed by atoms with van der Waals surface area (Å²) in [7, 11) is 2.02. The second-order valence-corrected chi connectivity index (χ2v) is 7.11. The van der Waals surface area contributed by atoms with Crippen LogP contribution in [0.3, 0.4) is 0 Å². The van der Waals surface area contributed by atoms with Crippen LogP contribution in [0.4, 0.5) is 5.69 Å². The highest BCUT2D eigenvalue weighted by Crippen LogP contribution is 2.25. The maximum absolute atomic E-state index is 12.6. The Morgan fingerprint density at radius 1 is 0.889 bits per heavy atom. The van der Waals surface area contributed by atoms with Gasteiger partial charge in [-0.05, 0) is 72.8 Å². The number of amides is 1. The van der Waals surface area contributed by atoms with Crippen molar-refractivity contribution in [3.63, 3.8) is 0 Å². The van der Waals surface area contributed by atoms with E-state index in [-0.39, 0.29) is 5.91 Å². The lowest BCUT2D eigenvalue weighted by atomic mass is 9.88. The van der Waals surface area contributed by atoms with Gasteiger partial charge >= 0.3 is 0 Å². The van der Waals surface area contributed by atoms with Crippen molar-refractivity contribution in [2.45, 2.75) is 25.3 Å². The van der Waals surface area contributed by atoms with Gasteiger partial charge in [-0.1, -0.05) is 48.5 Å². The molecule has 4 rings (SSSR count). The predicted molar refractivity (Wildman–Crippen MR) is 111 cm³/mol. The van der Waals surface area contributed by atoms with E-state index in [1.807, 2.05) is 55.6 Å². The van der Waals surface area contributed by atoms with Crippen molar-refractivity contribution in [2.75, 3.05) is 12.4 Å². The van der Waals surface area contributed by atoms with E-state index < -0.39 is 0 Å². The normalized spacial score (nSPS) is 15.8. The average Bonchev–Trinajstić information content (AvgIpc) is 2.74. The van der Waals surface area contributed by atoms with Crippen LogP contribution in [0.5, 0.6) is 0 Å². The van der Waals surface area contributed by atoms with Crippen LogP contribution in [0.2, 0.25) is 0 Å². The first-order valence-electron chi connectivity index (χ1n) is 9.49. The van der Waals surface area contributed by atoms with Crippen LogP contribution in [-0.2, 0) is 12.8 Å². The molecule has 0 aliphatic heterocycles. The number of hydrogen-bond acceptors (Lipinski definition) is 2. The van der Waals surface area contributed by atoms with Gasteiger partial charge in [-0.25, -0.2) is 0 Å². The van der Waals surface area contributed by atoms with Gasteiger partial charge in [0.05, 0.1) is 0 Å². The van der Waals surface area contributed by atoms with Crippen molar-refractivity contribution in [3.05, 3.63) is 89.5 Å². The number of carbonyl (C=O) groups is 1. The molecule has 2 N–H and O–H groups in total. The number of rotatable bonds is 4. The van der Waals surface area contributed by atoms with E-state index in [9.17, 15) is 4.79 Å². The molecule has 27 heavy (non-hydrogen) atoms. The molecule has 0 saturated heterocycles. The highest BCUT2D eigenvalue weighted by molar-refractivity contribution is 6.04. The van der Waals surface area contributed by atoms with Crippen LogP contribution in [0.1, 0.15) is 27.9 Å². The van der Waals surface area contributed by atoms with Gasteiger partial charge in [0.15, 0.2) is 0 Å². The molecule has 1 aliphatic rings. The number of likely N-dealkylation sites (N-methyl/N-ethyl adjacent to an activating group) is 1. The molecule has 1 amide bonds. The van der Waals surface area contributed by atoms with Gasteiger partial charge in [0.1, 0.15) is 0 Å². The molecular formula is C24H24N2O. The second kappa shape index (κ2) is 7.77. The highest BCUT2D eigenvalue weighted by Gasteiger charge is 2.17. The largest absolute Gasteiger partial charge is 0.322 e. The lowest BCUT2D eigenvalue weighted by Gasteiger charge is -2.24. The summed E-state index contributed by atoms with van der Waals surface area (Å²) in [6, 6.07) is 24.8. The molecule has 0 radical (unpaired) electrons. The summed E-state index contributed by atoms with van der Waals surface area (Å²) >= 11 is 0. The van der Waals surface area contributed by atoms with E-state index in [2.05, 4.69) is 34.9 Å². The number of carbonyl (C=O) groups excluding carboxylic acids is 1. The standard InChI is InChI=1S/C24H24N2O/c1-25-22-13-11-21-16-23(14-12-20(21)15-22)26-24(27)19-9-7-18(8-10-19)17-5-3-2-4-6-17/h2-10,12,14,16,22,25H,11,13,15H2,1H3,(H,26,27). The first kappa shape index (κ1) is 17.5. The first-order chi connectivity index (χ1) is 13.2. The minimum atomic E-state index is -0.0709. The fourth-order valence-electron chi connectivity index (χ4n) is 3.73. The Hall–Kier alpha value is -2.91. The molecule has 3 aromatic rings. The summed E-state index contributed by atoms with van der Waals surface area (Å²) in [4.78, 5) is 12.6. The van der Waals surface area contributed by atoms with Crippen LogP contribution in [0.15, 0.2) is 72.8 Å². The fraction of sp³-hybridized carbons (Fsp3) is 0.208. The zero-order valence-electron chi connectivity index (χ0n) is 15.5. The third-order valence-electron chi connectivity index (χ3n) is 5.36. The minimum absolute atomic E-state index is 0.0709. The van der Waals surface area contributed by atoms with Gasteiger partial charge in [0.2, 0.25) is 0 Å². The second-order valence-electron chi connectivity index (χ2n) is 7.11. The summed E-state index contributed by atoms with van der Waals surface area (Å²) < 4.78 is 0. The van der Waals surface area contributed by atoms with Gasteiger partial charge in [0, 0.05) is 17.3 Å². The summed E-state index contributed by atoms with van der Waals surface area (Å²) in [5.74, 6) is -0.0709. The van der Waals surface area contributed by atoms with E-state index in [4.69, 9.17) is 0 Å². The van der Waals surface area contributed by atoms with Crippen LogP contribution >= 0.6 is 0 Å². The Kier molecular flexibility index (Phi) is 5.03. The van der Waals surface area contributed by atoms with Crippen molar-refractivity contribution in [1.29, 1.82) is 0 Å². The summed E-state index contributed by atoms with van der Waals surface area (Å²) in [5.41, 5.74) is 6.53. The lowest BCUT2D eigenvalue weighted by molar-refractivity contribution is 0.102. The molecule has 136 valence electrons. The van der Waals surface area contributed by atoms with Crippen molar-refractivity contribution < 1.29 is 4.79 Å². The zero-order valence-corrected chi connectivity index (χ0v) is 15.5. The van der Waals surface area contributed by atoms with Gasteiger partial charge in [0.25, 0.3) is 5.91 Å². The number of hydrogen-bond donors (Lipinski definition) is 2. The number of nitrogens with one attached hydrogen (secondary N) is 2. The quantitative estimate of drug-likeness (QED) is 0.712. The predicted octanol–water partition coefficient (Wildman–Crippen LogP) is 4.68. The lowest BCUT2D eigenvalue weighted by Crippen LogP contribution is -2.31. The SMILES string of the molecule is CNC1CCc2cc(NC(=O)c3ccc(-c4ccccc4)cc3)ccc2C1. The molecular weight excluding hydrogens is 332 g/mol. The topological polar surface area (TPSA) is 41.1 Å². The number of anilines is 1. The minimum Gasteiger partial charge on any atom is -0.322 e. The van der Waals surface area contributed by atoms with Gasteiger partial charge in [-0.3, -0.25) is 4.79 Å². The zero-order chi connectivity index (χ0) is 18.6. The molecule has 1 unspecified atom stereocenters. The van der Waals surface area contributed by atoms with E-state index in [1.54, 1.807) is 0 Å². The fourth-order valence-corrected chi connectivity index (χ4v) is 3.73. The van der Waals surface area contributed by atoms with Gasteiger partial charge in [-0.2, -0.15) is 0 Å². The molecule has 0 aromatic heterocycles. The van der Waals surface area contributed by atoms with Crippen molar-refractivity contribution in [2.24, 2.45) is 0 Å². The Morgan fingerprint density at radius 2 is 1.63 bits per heavy atom. The van der Waals surface area contributed by atoms with Crippen molar-refractivity contribution >= 4 is 11.6 Å². The third kappa shape index (κ3) is 3.93. The van der Waals surface area contributed by atoms with E-state index in [0.29, 0.717) is 11.6 Å².